The Morgan fingerprint density at radius 1 is 1.53 bits per heavy atom. The summed E-state index contributed by atoms with van der Waals surface area (Å²) in [6.07, 6.45) is 1.00. The molecular formula is C12H19N3O2. The number of hydrogen-bond donors (Lipinski definition) is 2. The average molecular weight is 237 g/mol. The molecule has 0 saturated heterocycles. The molecule has 1 aromatic heterocycles. The minimum absolute atomic E-state index is 0.0786. The van der Waals surface area contributed by atoms with Crippen molar-refractivity contribution < 1.29 is 9.90 Å². The predicted molar refractivity (Wildman–Crippen MR) is 66.5 cm³/mol. The van der Waals surface area contributed by atoms with E-state index in [0.717, 1.165) is 0 Å². The molecule has 0 unspecified atom stereocenters. The van der Waals surface area contributed by atoms with Gasteiger partial charge in [-0.2, -0.15) is 0 Å². The highest BCUT2D eigenvalue weighted by Crippen LogP contribution is 2.24. The second kappa shape index (κ2) is 5.63. The third-order valence-corrected chi connectivity index (χ3v) is 2.49. The van der Waals surface area contributed by atoms with Crippen molar-refractivity contribution in [3.63, 3.8) is 0 Å². The number of rotatable bonds is 5. The van der Waals surface area contributed by atoms with Crippen LogP contribution in [-0.2, 0) is 4.79 Å². The Morgan fingerprint density at radius 2 is 2.18 bits per heavy atom. The van der Waals surface area contributed by atoms with Crippen LogP contribution in [0, 0.1) is 0 Å². The molecule has 0 fully saturated rings. The van der Waals surface area contributed by atoms with Gasteiger partial charge in [0.25, 0.3) is 0 Å². The van der Waals surface area contributed by atoms with E-state index >= 15 is 0 Å². The first kappa shape index (κ1) is 13.4. The maximum Gasteiger partial charge on any atom is 0.237 e. The van der Waals surface area contributed by atoms with Crippen LogP contribution in [0.3, 0.4) is 0 Å². The fourth-order valence-electron chi connectivity index (χ4n) is 1.65. The van der Waals surface area contributed by atoms with Gasteiger partial charge < -0.3 is 15.7 Å². The van der Waals surface area contributed by atoms with E-state index in [1.807, 2.05) is 13.8 Å². The van der Waals surface area contributed by atoms with Crippen molar-refractivity contribution in [1.82, 2.24) is 4.98 Å². The fourth-order valence-corrected chi connectivity index (χ4v) is 1.65. The quantitative estimate of drug-likeness (QED) is 0.795. The van der Waals surface area contributed by atoms with Crippen LogP contribution in [0.2, 0.25) is 0 Å². The van der Waals surface area contributed by atoms with Gasteiger partial charge in [-0.15, -0.1) is 0 Å². The minimum atomic E-state index is -0.632. The third kappa shape index (κ3) is 3.42. The fraction of sp³-hybridized carbons (Fsp3) is 0.500. The predicted octanol–water partition coefficient (Wildman–Crippen LogP) is 0.835. The second-order valence-electron chi connectivity index (χ2n) is 4.28. The summed E-state index contributed by atoms with van der Waals surface area (Å²) >= 11 is 0. The van der Waals surface area contributed by atoms with Crippen molar-refractivity contribution in [2.75, 3.05) is 11.4 Å². The number of anilines is 1. The number of nitrogens with zero attached hydrogens (tertiary/aromatic N) is 2. The molecule has 5 nitrogen and oxygen atoms in total. The molecule has 0 aliphatic heterocycles. The number of carbonyl (C=O) groups is 1. The highest BCUT2D eigenvalue weighted by Gasteiger charge is 2.19. The molecular weight excluding hydrogens is 218 g/mol. The monoisotopic (exact) mass is 237 g/mol. The van der Waals surface area contributed by atoms with Crippen molar-refractivity contribution in [2.24, 2.45) is 5.73 Å². The van der Waals surface area contributed by atoms with Gasteiger partial charge in [-0.05, 0) is 26.8 Å². The number of hydrogen-bond acceptors (Lipinski definition) is 4. The van der Waals surface area contributed by atoms with Gasteiger partial charge in [-0.25, -0.2) is 4.98 Å². The van der Waals surface area contributed by atoms with Gasteiger partial charge >= 0.3 is 0 Å². The molecule has 1 amide bonds. The van der Waals surface area contributed by atoms with E-state index in [1.54, 1.807) is 30.2 Å². The molecule has 0 spiro atoms. The van der Waals surface area contributed by atoms with Gasteiger partial charge in [0, 0.05) is 17.8 Å². The zero-order chi connectivity index (χ0) is 13.0. The van der Waals surface area contributed by atoms with Crippen LogP contribution >= 0.6 is 0 Å². The molecule has 0 aliphatic rings. The van der Waals surface area contributed by atoms with E-state index in [0.29, 0.717) is 11.4 Å². The van der Waals surface area contributed by atoms with E-state index in [9.17, 15) is 9.90 Å². The van der Waals surface area contributed by atoms with Crippen molar-refractivity contribution >= 4 is 11.7 Å². The van der Waals surface area contributed by atoms with Gasteiger partial charge in [0.05, 0.1) is 12.6 Å². The summed E-state index contributed by atoms with van der Waals surface area (Å²) in [6, 6.07) is 3.63. The zero-order valence-electron chi connectivity index (χ0n) is 10.4. The van der Waals surface area contributed by atoms with Crippen molar-refractivity contribution in [3.8, 4) is 0 Å². The first-order chi connectivity index (χ1) is 7.93. The van der Waals surface area contributed by atoms with E-state index < -0.39 is 12.0 Å². The number of carbonyl (C=O) groups excluding carboxylic acids is 1. The van der Waals surface area contributed by atoms with Crippen LogP contribution in [-0.4, -0.2) is 28.6 Å². The van der Waals surface area contributed by atoms with Crippen LogP contribution in [0.4, 0.5) is 5.82 Å². The maximum absolute atomic E-state index is 11.1. The summed E-state index contributed by atoms with van der Waals surface area (Å²) in [7, 11) is 0. The number of amides is 1. The smallest absolute Gasteiger partial charge is 0.237 e. The molecule has 0 aromatic carbocycles. The number of aromatic nitrogens is 1. The minimum Gasteiger partial charge on any atom is -0.389 e. The molecule has 3 N–H and O–H groups in total. The molecule has 17 heavy (non-hydrogen) atoms. The van der Waals surface area contributed by atoms with Crippen LogP contribution < -0.4 is 10.6 Å². The van der Waals surface area contributed by atoms with Gasteiger partial charge in [-0.1, -0.05) is 6.07 Å². The van der Waals surface area contributed by atoms with Gasteiger partial charge in [0.15, 0.2) is 0 Å². The zero-order valence-corrected chi connectivity index (χ0v) is 10.4. The van der Waals surface area contributed by atoms with Crippen LogP contribution in [0.5, 0.6) is 0 Å². The highest BCUT2D eigenvalue weighted by molar-refractivity contribution is 5.79. The number of aliphatic hydroxyl groups excluding tert-OH is 1. The van der Waals surface area contributed by atoms with Gasteiger partial charge in [0.2, 0.25) is 5.91 Å². The van der Waals surface area contributed by atoms with E-state index in [1.165, 1.54) is 0 Å². The first-order valence-corrected chi connectivity index (χ1v) is 5.61. The number of aliphatic hydroxyl groups is 1. The van der Waals surface area contributed by atoms with Crippen molar-refractivity contribution in [3.05, 3.63) is 23.9 Å². The van der Waals surface area contributed by atoms with E-state index in [4.69, 9.17) is 5.73 Å². The third-order valence-electron chi connectivity index (χ3n) is 2.49. The topological polar surface area (TPSA) is 79.5 Å². The normalized spacial score (nSPS) is 12.5. The molecule has 0 saturated carbocycles. The molecule has 5 heteroatoms. The summed E-state index contributed by atoms with van der Waals surface area (Å²) in [6.45, 7) is 5.66. The summed E-state index contributed by atoms with van der Waals surface area (Å²) in [5, 5.41) is 9.69. The van der Waals surface area contributed by atoms with Gasteiger partial charge in [0.1, 0.15) is 5.82 Å². The maximum atomic E-state index is 11.1. The SMILES string of the molecule is CC(C)N(CC(N)=O)c1ncccc1[C@H](C)O. The van der Waals surface area contributed by atoms with Crippen LogP contribution in [0.15, 0.2) is 18.3 Å². The van der Waals surface area contributed by atoms with Crippen LogP contribution in [0.25, 0.3) is 0 Å². The van der Waals surface area contributed by atoms with Crippen LogP contribution in [0.1, 0.15) is 32.4 Å². The lowest BCUT2D eigenvalue weighted by molar-refractivity contribution is -0.116. The van der Waals surface area contributed by atoms with Gasteiger partial charge in [-0.3, -0.25) is 4.79 Å². The molecule has 0 bridgehead atoms. The lowest BCUT2D eigenvalue weighted by Gasteiger charge is -2.28. The lowest BCUT2D eigenvalue weighted by atomic mass is 10.1. The summed E-state index contributed by atoms with van der Waals surface area (Å²) in [5.74, 6) is 0.192. The standard InChI is InChI=1S/C12H19N3O2/c1-8(2)15(7-11(13)17)12-10(9(3)16)5-4-6-14-12/h4-6,8-9,16H,7H2,1-3H3,(H2,13,17)/t9-/m0/s1. The second-order valence-corrected chi connectivity index (χ2v) is 4.28. The summed E-state index contributed by atoms with van der Waals surface area (Å²) in [4.78, 5) is 17.1. The van der Waals surface area contributed by atoms with E-state index in [-0.39, 0.29) is 12.6 Å². The lowest BCUT2D eigenvalue weighted by Crippen LogP contribution is -2.39. The molecule has 1 heterocycles. The molecule has 94 valence electrons. The Labute approximate surface area is 101 Å². The molecule has 0 aliphatic carbocycles. The Hall–Kier alpha value is -1.62. The van der Waals surface area contributed by atoms with Crippen molar-refractivity contribution in [1.29, 1.82) is 0 Å². The Balaban J connectivity index is 3.13. The largest absolute Gasteiger partial charge is 0.389 e. The van der Waals surface area contributed by atoms with E-state index in [2.05, 4.69) is 4.98 Å². The Bertz CT molecular complexity index is 391. The molecule has 1 atom stereocenters. The number of nitrogens with two attached hydrogens (primary N) is 1. The Morgan fingerprint density at radius 3 is 2.65 bits per heavy atom. The average Bonchev–Trinajstić information content (AvgIpc) is 2.25. The molecule has 1 rings (SSSR count). The summed E-state index contributed by atoms with van der Waals surface area (Å²) < 4.78 is 0. The highest BCUT2D eigenvalue weighted by atomic mass is 16.3. The van der Waals surface area contributed by atoms with Crippen molar-refractivity contribution in [2.45, 2.75) is 32.9 Å². The molecule has 0 radical (unpaired) electrons. The summed E-state index contributed by atoms with van der Waals surface area (Å²) in [5.41, 5.74) is 5.92. The number of primary amides is 1. The first-order valence-electron chi connectivity index (χ1n) is 5.61. The number of pyridine rings is 1. The Kier molecular flexibility index (Phi) is 4.45. The molecule has 1 aromatic rings.